The molecule has 0 spiro atoms. The van der Waals surface area contributed by atoms with Crippen LogP contribution in [0.15, 0.2) is 0 Å². The molecule has 0 aromatic carbocycles. The smallest absolute Gasteiger partial charge is 0.131 e. The SMILES string of the molecule is CC(=O)CCN1CCCC[C@H]1C. The molecule has 1 aliphatic rings. The molecule has 12 heavy (non-hydrogen) atoms. The average Bonchev–Trinajstić information content (AvgIpc) is 2.03. The summed E-state index contributed by atoms with van der Waals surface area (Å²) in [6.07, 6.45) is 4.70. The van der Waals surface area contributed by atoms with E-state index in [-0.39, 0.29) is 0 Å². The molecule has 1 fully saturated rings. The number of carbonyl (C=O) groups excluding carboxylic acids is 1. The normalized spacial score (nSPS) is 25.7. The number of Topliss-reactive ketones (excluding diaryl/α,β-unsaturated/α-hetero) is 1. The Bertz CT molecular complexity index is 156. The summed E-state index contributed by atoms with van der Waals surface area (Å²) in [5.41, 5.74) is 0. The minimum Gasteiger partial charge on any atom is -0.300 e. The molecule has 2 nitrogen and oxygen atoms in total. The summed E-state index contributed by atoms with van der Waals surface area (Å²) < 4.78 is 0. The highest BCUT2D eigenvalue weighted by molar-refractivity contribution is 5.75. The van der Waals surface area contributed by atoms with Crippen LogP contribution in [0, 0.1) is 0 Å². The quantitative estimate of drug-likeness (QED) is 0.642. The van der Waals surface area contributed by atoms with Gasteiger partial charge in [-0.15, -0.1) is 0 Å². The Morgan fingerprint density at radius 2 is 2.25 bits per heavy atom. The Morgan fingerprint density at radius 3 is 2.83 bits per heavy atom. The fourth-order valence-corrected chi connectivity index (χ4v) is 1.79. The van der Waals surface area contributed by atoms with Gasteiger partial charge in [0.15, 0.2) is 0 Å². The highest BCUT2D eigenvalue weighted by Crippen LogP contribution is 2.16. The maximum Gasteiger partial charge on any atom is 0.131 e. The summed E-state index contributed by atoms with van der Waals surface area (Å²) in [7, 11) is 0. The van der Waals surface area contributed by atoms with E-state index in [4.69, 9.17) is 0 Å². The fraction of sp³-hybridized carbons (Fsp3) is 0.900. The fourth-order valence-electron chi connectivity index (χ4n) is 1.79. The van der Waals surface area contributed by atoms with Crippen molar-refractivity contribution >= 4 is 5.78 Å². The van der Waals surface area contributed by atoms with Crippen molar-refractivity contribution in [3.05, 3.63) is 0 Å². The Balaban J connectivity index is 2.24. The molecule has 0 radical (unpaired) electrons. The molecule has 70 valence electrons. The standard InChI is InChI=1S/C10H19NO/c1-9-5-3-4-7-11(9)8-6-10(2)12/h9H,3-8H2,1-2H3/t9-/m1/s1. The van der Waals surface area contributed by atoms with Crippen LogP contribution in [0.25, 0.3) is 0 Å². The van der Waals surface area contributed by atoms with Crippen molar-refractivity contribution in [1.82, 2.24) is 4.90 Å². The highest BCUT2D eigenvalue weighted by atomic mass is 16.1. The first-order valence-corrected chi connectivity index (χ1v) is 4.93. The zero-order valence-corrected chi connectivity index (χ0v) is 8.18. The molecular weight excluding hydrogens is 150 g/mol. The largest absolute Gasteiger partial charge is 0.300 e. The van der Waals surface area contributed by atoms with E-state index in [0.29, 0.717) is 11.8 Å². The third-order valence-electron chi connectivity index (χ3n) is 2.69. The minimum atomic E-state index is 0.313. The average molecular weight is 169 g/mol. The monoisotopic (exact) mass is 169 g/mol. The van der Waals surface area contributed by atoms with Gasteiger partial charge in [0.25, 0.3) is 0 Å². The second kappa shape index (κ2) is 4.61. The van der Waals surface area contributed by atoms with E-state index in [2.05, 4.69) is 11.8 Å². The van der Waals surface area contributed by atoms with E-state index < -0.39 is 0 Å². The summed E-state index contributed by atoms with van der Waals surface area (Å²) in [6, 6.07) is 0.693. The number of likely N-dealkylation sites (tertiary alicyclic amines) is 1. The van der Waals surface area contributed by atoms with Crippen LogP contribution in [-0.4, -0.2) is 29.8 Å². The predicted octanol–water partition coefficient (Wildman–Crippen LogP) is 1.84. The number of piperidine rings is 1. The van der Waals surface area contributed by atoms with Crippen molar-refractivity contribution < 1.29 is 4.79 Å². The molecule has 1 atom stereocenters. The number of nitrogens with zero attached hydrogens (tertiary/aromatic N) is 1. The molecule has 0 aromatic rings. The van der Waals surface area contributed by atoms with Crippen molar-refractivity contribution in [3.8, 4) is 0 Å². The van der Waals surface area contributed by atoms with E-state index in [9.17, 15) is 4.79 Å². The second-order valence-electron chi connectivity index (χ2n) is 3.83. The van der Waals surface area contributed by atoms with Gasteiger partial charge >= 0.3 is 0 Å². The van der Waals surface area contributed by atoms with Crippen molar-refractivity contribution in [2.45, 2.75) is 45.6 Å². The molecule has 2 heteroatoms. The predicted molar refractivity (Wildman–Crippen MR) is 50.2 cm³/mol. The summed E-state index contributed by atoms with van der Waals surface area (Å²) in [4.78, 5) is 13.2. The highest BCUT2D eigenvalue weighted by Gasteiger charge is 2.17. The summed E-state index contributed by atoms with van der Waals surface area (Å²) in [5.74, 6) is 0.313. The topological polar surface area (TPSA) is 20.3 Å². The maximum atomic E-state index is 10.8. The van der Waals surface area contributed by atoms with Crippen LogP contribution in [-0.2, 0) is 4.79 Å². The zero-order chi connectivity index (χ0) is 8.97. The molecule has 0 bridgehead atoms. The molecule has 1 saturated heterocycles. The third-order valence-corrected chi connectivity index (χ3v) is 2.69. The first-order valence-electron chi connectivity index (χ1n) is 4.93. The van der Waals surface area contributed by atoms with Gasteiger partial charge in [-0.2, -0.15) is 0 Å². The molecule has 0 N–H and O–H groups in total. The van der Waals surface area contributed by atoms with Gasteiger partial charge in [0.2, 0.25) is 0 Å². The lowest BCUT2D eigenvalue weighted by atomic mass is 10.0. The molecular formula is C10H19NO. The first-order chi connectivity index (χ1) is 5.70. The minimum absolute atomic E-state index is 0.313. The van der Waals surface area contributed by atoms with E-state index >= 15 is 0 Å². The maximum absolute atomic E-state index is 10.8. The molecule has 1 heterocycles. The molecule has 0 amide bonds. The van der Waals surface area contributed by atoms with Crippen molar-refractivity contribution in [2.24, 2.45) is 0 Å². The zero-order valence-electron chi connectivity index (χ0n) is 8.18. The molecule has 0 saturated carbocycles. The van der Waals surface area contributed by atoms with Crippen LogP contribution in [0.3, 0.4) is 0 Å². The summed E-state index contributed by atoms with van der Waals surface area (Å²) in [6.45, 7) is 6.10. The molecule has 1 aliphatic heterocycles. The van der Waals surface area contributed by atoms with Crippen LogP contribution in [0.5, 0.6) is 0 Å². The lowest BCUT2D eigenvalue weighted by Gasteiger charge is -2.32. The van der Waals surface area contributed by atoms with Gasteiger partial charge in [0, 0.05) is 19.0 Å². The van der Waals surface area contributed by atoms with Crippen LogP contribution in [0.2, 0.25) is 0 Å². The number of hydrogen-bond donors (Lipinski definition) is 0. The molecule has 0 aliphatic carbocycles. The molecule has 0 aromatic heterocycles. The Morgan fingerprint density at radius 1 is 1.50 bits per heavy atom. The second-order valence-corrected chi connectivity index (χ2v) is 3.83. The Kier molecular flexibility index (Phi) is 3.73. The van der Waals surface area contributed by atoms with Gasteiger partial charge in [-0.05, 0) is 33.2 Å². The number of rotatable bonds is 3. The van der Waals surface area contributed by atoms with E-state index in [1.54, 1.807) is 6.92 Å². The third kappa shape index (κ3) is 2.94. The van der Waals surface area contributed by atoms with Crippen molar-refractivity contribution in [1.29, 1.82) is 0 Å². The first kappa shape index (κ1) is 9.72. The van der Waals surface area contributed by atoms with Crippen LogP contribution < -0.4 is 0 Å². The summed E-state index contributed by atoms with van der Waals surface area (Å²) in [5, 5.41) is 0. The van der Waals surface area contributed by atoms with Crippen LogP contribution in [0.1, 0.15) is 39.5 Å². The Hall–Kier alpha value is -0.370. The van der Waals surface area contributed by atoms with Gasteiger partial charge in [-0.1, -0.05) is 6.42 Å². The lowest BCUT2D eigenvalue weighted by molar-refractivity contribution is -0.117. The summed E-state index contributed by atoms with van der Waals surface area (Å²) >= 11 is 0. The lowest BCUT2D eigenvalue weighted by Crippen LogP contribution is -2.38. The number of ketones is 1. The molecule has 1 rings (SSSR count). The van der Waals surface area contributed by atoms with E-state index in [0.717, 1.165) is 13.0 Å². The van der Waals surface area contributed by atoms with Crippen LogP contribution in [0.4, 0.5) is 0 Å². The van der Waals surface area contributed by atoms with E-state index in [1.165, 1.54) is 25.8 Å². The van der Waals surface area contributed by atoms with Crippen molar-refractivity contribution in [2.75, 3.05) is 13.1 Å². The number of hydrogen-bond acceptors (Lipinski definition) is 2. The van der Waals surface area contributed by atoms with Crippen LogP contribution >= 0.6 is 0 Å². The van der Waals surface area contributed by atoms with Crippen molar-refractivity contribution in [3.63, 3.8) is 0 Å². The van der Waals surface area contributed by atoms with Gasteiger partial charge < -0.3 is 4.90 Å². The Labute approximate surface area is 74.9 Å². The molecule has 0 unspecified atom stereocenters. The van der Waals surface area contributed by atoms with Gasteiger partial charge in [-0.25, -0.2) is 0 Å². The van der Waals surface area contributed by atoms with Gasteiger partial charge in [-0.3, -0.25) is 4.79 Å². The number of carbonyl (C=O) groups is 1. The van der Waals surface area contributed by atoms with Gasteiger partial charge in [0.1, 0.15) is 5.78 Å². The van der Waals surface area contributed by atoms with Gasteiger partial charge in [0.05, 0.1) is 0 Å². The van der Waals surface area contributed by atoms with E-state index in [1.807, 2.05) is 0 Å².